The number of hydrazine groups is 1. The Kier molecular flexibility index (Phi) is 5.34. The van der Waals surface area contributed by atoms with Gasteiger partial charge in [0.05, 0.1) is 13.2 Å². The minimum atomic E-state index is -0.0331. The van der Waals surface area contributed by atoms with Crippen LogP contribution >= 0.6 is 0 Å². The smallest absolute Gasteiger partial charge is 0.241 e. The molecule has 4 atom stereocenters. The van der Waals surface area contributed by atoms with Crippen LogP contribution in [0.3, 0.4) is 0 Å². The van der Waals surface area contributed by atoms with Gasteiger partial charge in [-0.3, -0.25) is 10.2 Å². The fraction of sp³-hybridized carbons (Fsp3) is 0.650. The van der Waals surface area contributed by atoms with E-state index in [1.807, 2.05) is 23.1 Å². The first-order chi connectivity index (χ1) is 12.3. The van der Waals surface area contributed by atoms with Crippen LogP contribution in [0.15, 0.2) is 30.3 Å². The Labute approximate surface area is 150 Å². The number of carbonyl (C=O) groups excluding carboxylic acids is 1. The number of hydrogen-bond donors (Lipinski definition) is 2. The van der Waals surface area contributed by atoms with E-state index in [1.165, 1.54) is 31.2 Å². The highest BCUT2D eigenvalue weighted by molar-refractivity contribution is 5.83. The molecule has 1 amide bonds. The number of nitrogens with one attached hydrogen (secondary N) is 2. The zero-order valence-corrected chi connectivity index (χ0v) is 14.8. The van der Waals surface area contributed by atoms with Crippen LogP contribution in [-0.2, 0) is 16.1 Å². The molecule has 1 aromatic rings. The van der Waals surface area contributed by atoms with Crippen molar-refractivity contribution >= 4 is 5.91 Å². The fourth-order valence-electron chi connectivity index (χ4n) is 4.57. The van der Waals surface area contributed by atoms with Crippen molar-refractivity contribution in [1.82, 2.24) is 15.8 Å². The second-order valence-corrected chi connectivity index (χ2v) is 7.76. The molecule has 0 aromatic heterocycles. The third kappa shape index (κ3) is 3.89. The van der Waals surface area contributed by atoms with Crippen LogP contribution in [0.1, 0.15) is 37.7 Å². The average Bonchev–Trinajstić information content (AvgIpc) is 3.29. The minimum absolute atomic E-state index is 0.0331. The SMILES string of the molecule is O=C(C1NNC2CCCCC21)N1CCC(COCc2ccccc2)C1. The molecule has 3 aliphatic rings. The zero-order chi connectivity index (χ0) is 17.1. The molecule has 4 rings (SSSR count). The van der Waals surface area contributed by atoms with Crippen molar-refractivity contribution in [1.29, 1.82) is 0 Å². The quantitative estimate of drug-likeness (QED) is 0.860. The highest BCUT2D eigenvalue weighted by Crippen LogP contribution is 2.31. The molecule has 1 aliphatic carbocycles. The Morgan fingerprint density at radius 1 is 1.12 bits per heavy atom. The van der Waals surface area contributed by atoms with E-state index in [-0.39, 0.29) is 11.9 Å². The van der Waals surface area contributed by atoms with Crippen LogP contribution < -0.4 is 10.9 Å². The minimum Gasteiger partial charge on any atom is -0.376 e. The maximum absolute atomic E-state index is 12.9. The molecular formula is C20H29N3O2. The summed E-state index contributed by atoms with van der Waals surface area (Å²) in [6.07, 6.45) is 5.94. The van der Waals surface area contributed by atoms with Gasteiger partial charge in [-0.25, -0.2) is 5.43 Å². The van der Waals surface area contributed by atoms with E-state index < -0.39 is 0 Å². The molecule has 136 valence electrons. The van der Waals surface area contributed by atoms with Gasteiger partial charge in [0.25, 0.3) is 0 Å². The lowest BCUT2D eigenvalue weighted by Crippen LogP contribution is -2.47. The van der Waals surface area contributed by atoms with Crippen molar-refractivity contribution in [2.45, 2.75) is 50.8 Å². The van der Waals surface area contributed by atoms with Gasteiger partial charge >= 0.3 is 0 Å². The Bertz CT molecular complexity index is 580. The molecule has 3 fully saturated rings. The Hall–Kier alpha value is -1.43. The maximum atomic E-state index is 12.9. The highest BCUT2D eigenvalue weighted by Gasteiger charge is 2.43. The number of hydrogen-bond acceptors (Lipinski definition) is 4. The van der Waals surface area contributed by atoms with Crippen LogP contribution in [0.4, 0.5) is 0 Å². The lowest BCUT2D eigenvalue weighted by molar-refractivity contribution is -0.133. The van der Waals surface area contributed by atoms with Gasteiger partial charge in [-0.1, -0.05) is 43.2 Å². The Balaban J connectivity index is 1.24. The van der Waals surface area contributed by atoms with E-state index >= 15 is 0 Å². The molecule has 5 nitrogen and oxygen atoms in total. The summed E-state index contributed by atoms with van der Waals surface area (Å²) in [5, 5.41) is 0. The lowest BCUT2D eigenvalue weighted by atomic mass is 9.81. The Morgan fingerprint density at radius 2 is 1.96 bits per heavy atom. The normalized spacial score (nSPS) is 31.9. The van der Waals surface area contributed by atoms with E-state index in [0.717, 1.165) is 26.1 Å². The number of carbonyl (C=O) groups is 1. The first kappa shape index (κ1) is 17.0. The molecule has 2 saturated heterocycles. The zero-order valence-electron chi connectivity index (χ0n) is 14.8. The molecule has 0 spiro atoms. The molecule has 5 heteroatoms. The molecule has 2 heterocycles. The molecule has 25 heavy (non-hydrogen) atoms. The molecule has 0 radical (unpaired) electrons. The van der Waals surface area contributed by atoms with Crippen LogP contribution in [0.25, 0.3) is 0 Å². The van der Waals surface area contributed by atoms with E-state index in [0.29, 0.717) is 24.5 Å². The van der Waals surface area contributed by atoms with Crippen molar-refractivity contribution in [3.8, 4) is 0 Å². The summed E-state index contributed by atoms with van der Waals surface area (Å²) in [5.74, 6) is 1.21. The van der Waals surface area contributed by atoms with Crippen LogP contribution in [0, 0.1) is 11.8 Å². The summed E-state index contributed by atoms with van der Waals surface area (Å²) in [6.45, 7) is 3.10. The molecule has 2 N–H and O–H groups in total. The van der Waals surface area contributed by atoms with Crippen LogP contribution in [0.5, 0.6) is 0 Å². The standard InChI is InChI=1S/C20H29N3O2/c24-20(19-17-8-4-5-9-18(17)21-22-19)23-11-10-16(12-23)14-25-13-15-6-2-1-3-7-15/h1-3,6-7,16-19,21-22H,4-5,8-14H2. The van der Waals surface area contributed by atoms with Crippen molar-refractivity contribution in [2.75, 3.05) is 19.7 Å². The van der Waals surface area contributed by atoms with Gasteiger partial charge in [0.1, 0.15) is 6.04 Å². The summed E-state index contributed by atoms with van der Waals surface area (Å²) in [6, 6.07) is 10.7. The van der Waals surface area contributed by atoms with Crippen molar-refractivity contribution in [3.63, 3.8) is 0 Å². The molecule has 0 bridgehead atoms. The lowest BCUT2D eigenvalue weighted by Gasteiger charge is -2.29. The second kappa shape index (κ2) is 7.85. The largest absolute Gasteiger partial charge is 0.376 e. The van der Waals surface area contributed by atoms with Gasteiger partial charge in [-0.05, 0) is 24.8 Å². The predicted molar refractivity (Wildman–Crippen MR) is 96.6 cm³/mol. The molecule has 1 aromatic carbocycles. The molecule has 4 unspecified atom stereocenters. The van der Waals surface area contributed by atoms with E-state index in [9.17, 15) is 4.79 Å². The number of nitrogens with zero attached hydrogens (tertiary/aromatic N) is 1. The van der Waals surface area contributed by atoms with E-state index in [1.54, 1.807) is 0 Å². The highest BCUT2D eigenvalue weighted by atomic mass is 16.5. The number of benzene rings is 1. The number of ether oxygens (including phenoxy) is 1. The molecule has 2 aliphatic heterocycles. The van der Waals surface area contributed by atoms with Gasteiger partial charge in [0, 0.05) is 31.0 Å². The topological polar surface area (TPSA) is 53.6 Å². The number of amides is 1. The predicted octanol–water partition coefficient (Wildman–Crippen LogP) is 2.09. The van der Waals surface area contributed by atoms with E-state index in [4.69, 9.17) is 4.74 Å². The maximum Gasteiger partial charge on any atom is 0.241 e. The summed E-state index contributed by atoms with van der Waals surface area (Å²) in [4.78, 5) is 15.0. The summed E-state index contributed by atoms with van der Waals surface area (Å²) < 4.78 is 5.88. The Morgan fingerprint density at radius 3 is 2.84 bits per heavy atom. The van der Waals surface area contributed by atoms with Crippen LogP contribution in [0.2, 0.25) is 0 Å². The first-order valence-electron chi connectivity index (χ1n) is 9.73. The van der Waals surface area contributed by atoms with Gasteiger partial charge in [-0.2, -0.15) is 0 Å². The number of rotatable bonds is 5. The van der Waals surface area contributed by atoms with Crippen molar-refractivity contribution < 1.29 is 9.53 Å². The van der Waals surface area contributed by atoms with E-state index in [2.05, 4.69) is 23.0 Å². The summed E-state index contributed by atoms with van der Waals surface area (Å²) in [5.41, 5.74) is 7.84. The van der Waals surface area contributed by atoms with Gasteiger partial charge in [-0.15, -0.1) is 0 Å². The average molecular weight is 343 g/mol. The second-order valence-electron chi connectivity index (χ2n) is 7.76. The number of fused-ring (bicyclic) bond motifs is 1. The van der Waals surface area contributed by atoms with Crippen molar-refractivity contribution in [3.05, 3.63) is 35.9 Å². The third-order valence-corrected chi connectivity index (χ3v) is 6.00. The van der Waals surface area contributed by atoms with Crippen LogP contribution in [-0.4, -0.2) is 42.6 Å². The monoisotopic (exact) mass is 343 g/mol. The van der Waals surface area contributed by atoms with Gasteiger partial charge < -0.3 is 9.64 Å². The number of likely N-dealkylation sites (tertiary alicyclic amines) is 1. The summed E-state index contributed by atoms with van der Waals surface area (Å²) in [7, 11) is 0. The summed E-state index contributed by atoms with van der Waals surface area (Å²) >= 11 is 0. The van der Waals surface area contributed by atoms with Crippen molar-refractivity contribution in [2.24, 2.45) is 11.8 Å². The van der Waals surface area contributed by atoms with Gasteiger partial charge in [0.2, 0.25) is 5.91 Å². The first-order valence-corrected chi connectivity index (χ1v) is 9.73. The fourth-order valence-corrected chi connectivity index (χ4v) is 4.57. The van der Waals surface area contributed by atoms with Gasteiger partial charge in [0.15, 0.2) is 0 Å². The molecule has 1 saturated carbocycles. The third-order valence-electron chi connectivity index (χ3n) is 6.00. The molecular weight excluding hydrogens is 314 g/mol.